The van der Waals surface area contributed by atoms with Crippen molar-refractivity contribution in [1.82, 2.24) is 5.32 Å². The molecule has 0 unspecified atom stereocenters. The molecule has 0 amide bonds. The minimum atomic E-state index is -0.267. The van der Waals surface area contributed by atoms with E-state index in [1.807, 2.05) is 24.3 Å². The molecule has 0 saturated carbocycles. The number of rotatable bonds is 7. The topological polar surface area (TPSA) is 59.3 Å². The van der Waals surface area contributed by atoms with Gasteiger partial charge in [0.1, 0.15) is 11.6 Å². The van der Waals surface area contributed by atoms with Gasteiger partial charge < -0.3 is 21.1 Å². The third-order valence-electron chi connectivity index (χ3n) is 4.01. The Labute approximate surface area is 138 Å². The molecule has 128 valence electrons. The first-order valence-corrected chi connectivity index (χ1v) is 8.47. The number of hydrogen-bond acceptors (Lipinski definition) is 4. The van der Waals surface area contributed by atoms with Gasteiger partial charge in [0, 0.05) is 25.2 Å². The lowest BCUT2D eigenvalue weighted by atomic mass is 10.1. The number of halogens is 1. The standard InChI is InChI=1S/C18H28FN3O/c1-3-4-5-6-16(19)18(20)22-15-9-7-14(8-10-15)17-12-21-11-13(2)23-17/h7-10,13,17,21-22H,3-6,11-12,20H2,1-2H3/b18-16-/t13-,17-/m1/s1. The van der Waals surface area contributed by atoms with Gasteiger partial charge in [0.25, 0.3) is 0 Å². The van der Waals surface area contributed by atoms with Crippen LogP contribution in [-0.4, -0.2) is 19.2 Å². The fraction of sp³-hybridized carbons (Fsp3) is 0.556. The highest BCUT2D eigenvalue weighted by atomic mass is 19.1. The van der Waals surface area contributed by atoms with Crippen LogP contribution in [0.4, 0.5) is 10.1 Å². The molecule has 0 aromatic heterocycles. The SMILES string of the molecule is CCCCC/C(F)=C(\N)Nc1ccc([C@H]2CNC[C@@H](C)O2)cc1. The predicted molar refractivity (Wildman–Crippen MR) is 92.7 cm³/mol. The lowest BCUT2D eigenvalue weighted by Gasteiger charge is -2.29. The smallest absolute Gasteiger partial charge is 0.140 e. The first-order valence-electron chi connectivity index (χ1n) is 8.47. The van der Waals surface area contributed by atoms with E-state index in [-0.39, 0.29) is 23.9 Å². The van der Waals surface area contributed by atoms with Gasteiger partial charge in [-0.25, -0.2) is 4.39 Å². The zero-order valence-electron chi connectivity index (χ0n) is 14.1. The van der Waals surface area contributed by atoms with Gasteiger partial charge in [-0.2, -0.15) is 0 Å². The molecular weight excluding hydrogens is 293 g/mol. The number of ether oxygens (including phenoxy) is 1. The largest absolute Gasteiger partial charge is 0.383 e. The summed E-state index contributed by atoms with van der Waals surface area (Å²) in [7, 11) is 0. The maximum absolute atomic E-state index is 13.9. The van der Waals surface area contributed by atoms with Gasteiger partial charge in [0.15, 0.2) is 0 Å². The predicted octanol–water partition coefficient (Wildman–Crippen LogP) is 3.83. The first kappa shape index (κ1) is 17.8. The van der Waals surface area contributed by atoms with E-state index in [2.05, 4.69) is 24.5 Å². The second kappa shape index (κ2) is 8.89. The summed E-state index contributed by atoms with van der Waals surface area (Å²) < 4.78 is 19.8. The number of nitrogens with one attached hydrogen (secondary N) is 2. The number of anilines is 1. The number of nitrogens with two attached hydrogens (primary N) is 1. The van der Waals surface area contributed by atoms with Crippen molar-refractivity contribution in [1.29, 1.82) is 0 Å². The Hall–Kier alpha value is -1.59. The number of morpholine rings is 1. The maximum Gasteiger partial charge on any atom is 0.140 e. The van der Waals surface area contributed by atoms with Crippen molar-refractivity contribution in [3.63, 3.8) is 0 Å². The Morgan fingerprint density at radius 3 is 2.70 bits per heavy atom. The summed E-state index contributed by atoms with van der Waals surface area (Å²) in [4.78, 5) is 0. The van der Waals surface area contributed by atoms with Crippen LogP contribution in [-0.2, 0) is 4.74 Å². The molecular formula is C18H28FN3O. The van der Waals surface area contributed by atoms with Gasteiger partial charge in [0.2, 0.25) is 0 Å². The van der Waals surface area contributed by atoms with Crippen LogP contribution in [0.15, 0.2) is 35.9 Å². The molecule has 2 rings (SSSR count). The van der Waals surface area contributed by atoms with Crippen molar-refractivity contribution in [3.8, 4) is 0 Å². The van der Waals surface area contributed by atoms with Gasteiger partial charge in [-0.1, -0.05) is 31.9 Å². The molecule has 1 heterocycles. The van der Waals surface area contributed by atoms with Gasteiger partial charge >= 0.3 is 0 Å². The lowest BCUT2D eigenvalue weighted by Crippen LogP contribution is -2.38. The van der Waals surface area contributed by atoms with Gasteiger partial charge in [0.05, 0.1) is 12.2 Å². The number of benzene rings is 1. The molecule has 4 N–H and O–H groups in total. The normalized spacial score (nSPS) is 22.6. The number of allylic oxidation sites excluding steroid dienone is 1. The van der Waals surface area contributed by atoms with Crippen LogP contribution >= 0.6 is 0 Å². The van der Waals surface area contributed by atoms with Crippen LogP contribution in [0.5, 0.6) is 0 Å². The minimum Gasteiger partial charge on any atom is -0.383 e. The highest BCUT2D eigenvalue weighted by molar-refractivity contribution is 5.49. The molecule has 0 spiro atoms. The van der Waals surface area contributed by atoms with Crippen molar-refractivity contribution in [2.75, 3.05) is 18.4 Å². The summed E-state index contributed by atoms with van der Waals surface area (Å²) in [6.07, 6.45) is 3.58. The average Bonchev–Trinajstić information content (AvgIpc) is 2.55. The van der Waals surface area contributed by atoms with Crippen LogP contribution < -0.4 is 16.4 Å². The monoisotopic (exact) mass is 321 g/mol. The molecule has 1 fully saturated rings. The van der Waals surface area contributed by atoms with Crippen LogP contribution in [0.1, 0.15) is 51.2 Å². The average molecular weight is 321 g/mol. The molecule has 2 atom stereocenters. The molecule has 1 aliphatic rings. The van der Waals surface area contributed by atoms with E-state index in [4.69, 9.17) is 10.5 Å². The fourth-order valence-corrected chi connectivity index (χ4v) is 2.66. The Balaban J connectivity index is 1.92. The molecule has 1 aromatic rings. The highest BCUT2D eigenvalue weighted by Crippen LogP contribution is 2.23. The molecule has 5 heteroatoms. The summed E-state index contributed by atoms with van der Waals surface area (Å²) in [6.45, 7) is 5.85. The number of hydrogen-bond donors (Lipinski definition) is 3. The third-order valence-corrected chi connectivity index (χ3v) is 4.01. The molecule has 1 saturated heterocycles. The Morgan fingerprint density at radius 1 is 1.30 bits per heavy atom. The summed E-state index contributed by atoms with van der Waals surface area (Å²) in [5.74, 6) is -0.158. The van der Waals surface area contributed by atoms with Crippen molar-refractivity contribution in [3.05, 3.63) is 41.5 Å². The van der Waals surface area contributed by atoms with E-state index < -0.39 is 0 Å². The van der Waals surface area contributed by atoms with Crippen molar-refractivity contribution in [2.24, 2.45) is 5.73 Å². The van der Waals surface area contributed by atoms with Gasteiger partial charge in [-0.15, -0.1) is 0 Å². The van der Waals surface area contributed by atoms with E-state index in [1.54, 1.807) is 0 Å². The van der Waals surface area contributed by atoms with Crippen molar-refractivity contribution >= 4 is 5.69 Å². The first-order chi connectivity index (χ1) is 11.1. The molecule has 0 radical (unpaired) electrons. The summed E-state index contributed by atoms with van der Waals surface area (Å²) in [5, 5.41) is 6.28. The molecule has 0 aliphatic carbocycles. The summed E-state index contributed by atoms with van der Waals surface area (Å²) in [6, 6.07) is 7.80. The number of unbranched alkanes of at least 4 members (excludes halogenated alkanes) is 2. The second-order valence-electron chi connectivity index (χ2n) is 6.12. The molecule has 0 bridgehead atoms. The maximum atomic E-state index is 13.9. The fourth-order valence-electron chi connectivity index (χ4n) is 2.66. The Kier molecular flexibility index (Phi) is 6.86. The van der Waals surface area contributed by atoms with E-state index in [0.717, 1.165) is 43.6 Å². The van der Waals surface area contributed by atoms with E-state index in [1.165, 1.54) is 0 Å². The van der Waals surface area contributed by atoms with E-state index >= 15 is 0 Å². The van der Waals surface area contributed by atoms with Gasteiger partial charge in [-0.3, -0.25) is 0 Å². The van der Waals surface area contributed by atoms with Crippen molar-refractivity contribution in [2.45, 2.75) is 51.7 Å². The van der Waals surface area contributed by atoms with Crippen LogP contribution in [0.2, 0.25) is 0 Å². The molecule has 4 nitrogen and oxygen atoms in total. The summed E-state index contributed by atoms with van der Waals surface area (Å²) >= 11 is 0. The van der Waals surface area contributed by atoms with Crippen molar-refractivity contribution < 1.29 is 9.13 Å². The Morgan fingerprint density at radius 2 is 2.04 bits per heavy atom. The molecule has 1 aliphatic heterocycles. The lowest BCUT2D eigenvalue weighted by molar-refractivity contribution is -0.0287. The quantitative estimate of drug-likeness (QED) is 0.668. The van der Waals surface area contributed by atoms with Crippen LogP contribution in [0.25, 0.3) is 0 Å². The summed E-state index contributed by atoms with van der Waals surface area (Å²) in [5.41, 5.74) is 7.69. The molecule has 1 aromatic carbocycles. The van der Waals surface area contributed by atoms with E-state index in [9.17, 15) is 4.39 Å². The zero-order chi connectivity index (χ0) is 16.7. The second-order valence-corrected chi connectivity index (χ2v) is 6.12. The Bertz CT molecular complexity index is 516. The zero-order valence-corrected chi connectivity index (χ0v) is 14.1. The molecule has 23 heavy (non-hydrogen) atoms. The third kappa shape index (κ3) is 5.52. The van der Waals surface area contributed by atoms with Crippen LogP contribution in [0.3, 0.4) is 0 Å². The highest BCUT2D eigenvalue weighted by Gasteiger charge is 2.20. The minimum absolute atomic E-state index is 0.0615. The van der Waals surface area contributed by atoms with E-state index in [0.29, 0.717) is 6.42 Å². The van der Waals surface area contributed by atoms with Crippen LogP contribution in [0, 0.1) is 0 Å². The van der Waals surface area contributed by atoms with Gasteiger partial charge in [-0.05, 0) is 31.0 Å².